The first kappa shape index (κ1) is 16.9. The fraction of sp³-hybridized carbons (Fsp3) is 0.353. The van der Waals surface area contributed by atoms with Crippen molar-refractivity contribution in [3.05, 3.63) is 42.5 Å². The second-order valence-corrected chi connectivity index (χ2v) is 5.72. The van der Waals surface area contributed by atoms with E-state index in [4.69, 9.17) is 0 Å². The molecule has 0 saturated carbocycles. The van der Waals surface area contributed by atoms with Gasteiger partial charge in [0, 0.05) is 5.56 Å². The van der Waals surface area contributed by atoms with Gasteiger partial charge in [-0.3, -0.25) is 5.32 Å². The van der Waals surface area contributed by atoms with Crippen molar-refractivity contribution in [2.45, 2.75) is 32.2 Å². The Kier molecular flexibility index (Phi) is 5.65. The van der Waals surface area contributed by atoms with Crippen molar-refractivity contribution in [1.29, 1.82) is 0 Å². The lowest BCUT2D eigenvalue weighted by Gasteiger charge is -2.28. The molecule has 1 heterocycles. The summed E-state index contributed by atoms with van der Waals surface area (Å²) in [5.41, 5.74) is 1.06. The van der Waals surface area contributed by atoms with Crippen molar-refractivity contribution in [2.75, 3.05) is 11.9 Å². The first-order valence-electron chi connectivity index (χ1n) is 7.65. The Morgan fingerprint density at radius 3 is 2.48 bits per heavy atom. The van der Waals surface area contributed by atoms with Crippen molar-refractivity contribution in [3.8, 4) is 11.3 Å². The van der Waals surface area contributed by atoms with Crippen molar-refractivity contribution < 1.29 is 9.90 Å². The number of urea groups is 1. The molecule has 1 aromatic heterocycles. The Hall–Kier alpha value is -2.47. The molecule has 1 atom stereocenters. The van der Waals surface area contributed by atoms with Crippen LogP contribution in [0.4, 0.5) is 10.6 Å². The smallest absolute Gasteiger partial charge is 0.320 e. The van der Waals surface area contributed by atoms with Crippen LogP contribution in [0.15, 0.2) is 42.5 Å². The number of benzene rings is 1. The molecule has 0 spiro atoms. The quantitative estimate of drug-likeness (QED) is 0.765. The zero-order valence-corrected chi connectivity index (χ0v) is 13.4. The molecule has 2 aromatic rings. The van der Waals surface area contributed by atoms with Crippen LogP contribution in [0.2, 0.25) is 0 Å². The molecule has 0 aliphatic heterocycles. The van der Waals surface area contributed by atoms with Crippen LogP contribution in [0, 0.1) is 0 Å². The average Bonchev–Trinajstić information content (AvgIpc) is 2.56. The van der Waals surface area contributed by atoms with E-state index in [0.717, 1.165) is 17.7 Å². The summed E-state index contributed by atoms with van der Waals surface area (Å²) in [5, 5.41) is 23.0. The Balaban J connectivity index is 1.99. The molecule has 1 aromatic carbocycles. The Bertz CT molecular complexity index is 631. The number of carbonyl (C=O) groups excluding carboxylic acids is 1. The van der Waals surface area contributed by atoms with Crippen LogP contribution in [0.25, 0.3) is 11.3 Å². The number of nitrogens with one attached hydrogen (secondary N) is 2. The van der Waals surface area contributed by atoms with Crippen LogP contribution in [0.5, 0.6) is 0 Å². The summed E-state index contributed by atoms with van der Waals surface area (Å²) >= 11 is 0. The minimum atomic E-state index is -0.643. The summed E-state index contributed by atoms with van der Waals surface area (Å²) in [4.78, 5) is 12.0. The molecule has 6 heteroatoms. The summed E-state index contributed by atoms with van der Waals surface area (Å²) < 4.78 is 0. The van der Waals surface area contributed by atoms with Crippen molar-refractivity contribution in [3.63, 3.8) is 0 Å². The lowest BCUT2D eigenvalue weighted by molar-refractivity contribution is 0.167. The average molecular weight is 314 g/mol. The maximum absolute atomic E-state index is 12.0. The summed E-state index contributed by atoms with van der Waals surface area (Å²) in [6, 6.07) is 12.8. The van der Waals surface area contributed by atoms with Crippen LogP contribution in [-0.4, -0.2) is 33.5 Å². The molecule has 0 aliphatic rings. The third-order valence-corrected chi connectivity index (χ3v) is 3.54. The monoisotopic (exact) mass is 314 g/mol. The number of carbonyl (C=O) groups is 1. The summed E-state index contributed by atoms with van der Waals surface area (Å²) in [5.74, 6) is 0.360. The van der Waals surface area contributed by atoms with Crippen LogP contribution < -0.4 is 10.6 Å². The Morgan fingerprint density at radius 1 is 1.17 bits per heavy atom. The van der Waals surface area contributed by atoms with Gasteiger partial charge in [0.15, 0.2) is 5.82 Å². The van der Waals surface area contributed by atoms with E-state index in [1.807, 2.05) is 37.3 Å². The molecule has 0 bridgehead atoms. The normalized spacial score (nSPS) is 13.2. The van der Waals surface area contributed by atoms with Gasteiger partial charge in [-0.1, -0.05) is 43.7 Å². The zero-order chi connectivity index (χ0) is 16.7. The molecule has 0 radical (unpaired) electrons. The van der Waals surface area contributed by atoms with Crippen LogP contribution in [-0.2, 0) is 0 Å². The molecule has 1 unspecified atom stereocenters. The van der Waals surface area contributed by atoms with E-state index in [1.54, 1.807) is 19.1 Å². The van der Waals surface area contributed by atoms with E-state index in [0.29, 0.717) is 12.2 Å². The van der Waals surface area contributed by atoms with E-state index >= 15 is 0 Å². The SMILES string of the molecule is CCCC(C)(CO)NC(=O)Nc1ccc(-c2ccccc2)nn1. The number of aromatic nitrogens is 2. The lowest BCUT2D eigenvalue weighted by Crippen LogP contribution is -2.50. The van der Waals surface area contributed by atoms with E-state index < -0.39 is 11.6 Å². The highest BCUT2D eigenvalue weighted by molar-refractivity contribution is 5.88. The number of aliphatic hydroxyl groups is 1. The first-order chi connectivity index (χ1) is 11.1. The summed E-state index contributed by atoms with van der Waals surface area (Å²) in [6.07, 6.45) is 1.55. The van der Waals surface area contributed by atoms with Gasteiger partial charge >= 0.3 is 6.03 Å². The summed E-state index contributed by atoms with van der Waals surface area (Å²) in [6.45, 7) is 3.69. The van der Waals surface area contributed by atoms with Crippen molar-refractivity contribution in [1.82, 2.24) is 15.5 Å². The van der Waals surface area contributed by atoms with Gasteiger partial charge in [0.2, 0.25) is 0 Å². The second kappa shape index (κ2) is 7.69. The maximum atomic E-state index is 12.0. The van der Waals surface area contributed by atoms with Crippen molar-refractivity contribution >= 4 is 11.8 Å². The van der Waals surface area contributed by atoms with Gasteiger partial charge in [-0.05, 0) is 25.5 Å². The van der Waals surface area contributed by atoms with E-state index in [1.165, 1.54) is 0 Å². The fourth-order valence-electron chi connectivity index (χ4n) is 2.32. The molecule has 0 aliphatic carbocycles. The number of amides is 2. The molecule has 6 nitrogen and oxygen atoms in total. The minimum Gasteiger partial charge on any atom is -0.394 e. The highest BCUT2D eigenvalue weighted by Gasteiger charge is 2.24. The van der Waals surface area contributed by atoms with E-state index in [9.17, 15) is 9.90 Å². The molecule has 0 saturated heterocycles. The molecular formula is C17H22N4O2. The zero-order valence-electron chi connectivity index (χ0n) is 13.4. The summed E-state index contributed by atoms with van der Waals surface area (Å²) in [7, 11) is 0. The van der Waals surface area contributed by atoms with E-state index in [2.05, 4.69) is 20.8 Å². The molecular weight excluding hydrogens is 292 g/mol. The Morgan fingerprint density at radius 2 is 1.91 bits per heavy atom. The Labute approximate surface area is 136 Å². The van der Waals surface area contributed by atoms with Gasteiger partial charge in [-0.25, -0.2) is 4.79 Å². The van der Waals surface area contributed by atoms with Gasteiger partial charge < -0.3 is 10.4 Å². The highest BCUT2D eigenvalue weighted by Crippen LogP contribution is 2.16. The van der Waals surface area contributed by atoms with Gasteiger partial charge in [-0.15, -0.1) is 10.2 Å². The predicted octanol–water partition coefficient (Wildman–Crippen LogP) is 2.82. The topological polar surface area (TPSA) is 87.1 Å². The van der Waals surface area contributed by atoms with Crippen molar-refractivity contribution in [2.24, 2.45) is 0 Å². The number of nitrogens with zero attached hydrogens (tertiary/aromatic N) is 2. The number of anilines is 1. The highest BCUT2D eigenvalue weighted by atomic mass is 16.3. The third-order valence-electron chi connectivity index (χ3n) is 3.54. The molecule has 3 N–H and O–H groups in total. The largest absolute Gasteiger partial charge is 0.394 e. The standard InChI is InChI=1S/C17H22N4O2/c1-3-11-17(2,12-22)19-16(23)18-15-10-9-14(20-21-15)13-7-5-4-6-8-13/h4-10,22H,3,11-12H2,1-2H3,(H2,18,19,21,23). The lowest BCUT2D eigenvalue weighted by atomic mass is 9.98. The molecule has 0 fully saturated rings. The second-order valence-electron chi connectivity index (χ2n) is 5.72. The number of rotatable bonds is 6. The van der Waals surface area contributed by atoms with Gasteiger partial charge in [-0.2, -0.15) is 0 Å². The van der Waals surface area contributed by atoms with Gasteiger partial charge in [0.1, 0.15) is 0 Å². The molecule has 2 rings (SSSR count). The van der Waals surface area contributed by atoms with E-state index in [-0.39, 0.29) is 6.61 Å². The third kappa shape index (κ3) is 4.75. The predicted molar refractivity (Wildman–Crippen MR) is 90.0 cm³/mol. The molecule has 2 amide bonds. The maximum Gasteiger partial charge on any atom is 0.320 e. The van der Waals surface area contributed by atoms with Crippen LogP contribution in [0.1, 0.15) is 26.7 Å². The van der Waals surface area contributed by atoms with Gasteiger partial charge in [0.25, 0.3) is 0 Å². The van der Waals surface area contributed by atoms with Crippen LogP contribution in [0.3, 0.4) is 0 Å². The minimum absolute atomic E-state index is 0.118. The first-order valence-corrected chi connectivity index (χ1v) is 7.65. The molecule has 23 heavy (non-hydrogen) atoms. The molecule has 122 valence electrons. The number of hydrogen-bond acceptors (Lipinski definition) is 4. The fourth-order valence-corrected chi connectivity index (χ4v) is 2.32. The number of aliphatic hydroxyl groups excluding tert-OH is 1. The van der Waals surface area contributed by atoms with Crippen LogP contribution >= 0.6 is 0 Å². The number of hydrogen-bond donors (Lipinski definition) is 3. The van der Waals surface area contributed by atoms with Gasteiger partial charge in [0.05, 0.1) is 17.8 Å².